The van der Waals surface area contributed by atoms with E-state index in [1.165, 1.54) is 0 Å². The first kappa shape index (κ1) is 26.8. The Morgan fingerprint density at radius 3 is 2.46 bits per heavy atom. The van der Waals surface area contributed by atoms with Crippen LogP contribution in [0.5, 0.6) is 11.5 Å². The highest BCUT2D eigenvalue weighted by molar-refractivity contribution is 7.89. The van der Waals surface area contributed by atoms with Crippen LogP contribution in [0.1, 0.15) is 41.1 Å². The second kappa shape index (κ2) is 11.5. The van der Waals surface area contributed by atoms with Crippen molar-refractivity contribution in [1.82, 2.24) is 9.29 Å². The van der Waals surface area contributed by atoms with E-state index in [1.54, 1.807) is 17.5 Å². The first-order valence-electron chi connectivity index (χ1n) is 13.1. The van der Waals surface area contributed by atoms with E-state index in [0.29, 0.717) is 56.0 Å². The molecule has 3 aromatic carbocycles. The van der Waals surface area contributed by atoms with Crippen molar-refractivity contribution >= 4 is 26.8 Å². The number of sulfonamides is 1. The average Bonchev–Trinajstić information content (AvgIpc) is 3.39. The number of H-pyrrole nitrogens is 1. The standard InChI is InChI=1S/C30H33N3O5S/c1-37-24-9-5-10-25(19-24)38-15-6-16-39(35,36)33-13-11-22(12-14-33)28-20-32-29-26(28)17-23(18-27(29)30(31)34)21-7-3-2-4-8-21/h2-5,7-10,17-20,22,32H,6,11-16H2,1H3,(H2,31,34). The predicted octanol–water partition coefficient (Wildman–Crippen LogP) is 4.92. The molecule has 0 saturated carbocycles. The van der Waals surface area contributed by atoms with Crippen LogP contribution in [0.3, 0.4) is 0 Å². The topological polar surface area (TPSA) is 115 Å². The van der Waals surface area contributed by atoms with E-state index in [1.807, 2.05) is 60.8 Å². The van der Waals surface area contributed by atoms with Crippen LogP contribution >= 0.6 is 0 Å². The number of primary amides is 1. The van der Waals surface area contributed by atoms with Gasteiger partial charge in [0.25, 0.3) is 5.91 Å². The molecule has 4 aromatic rings. The summed E-state index contributed by atoms with van der Waals surface area (Å²) in [5.41, 5.74) is 9.93. The minimum atomic E-state index is -3.39. The second-order valence-electron chi connectivity index (χ2n) is 9.79. The second-order valence-corrected chi connectivity index (χ2v) is 11.9. The van der Waals surface area contributed by atoms with Gasteiger partial charge in [-0.2, -0.15) is 0 Å². The Bertz CT molecular complexity index is 1560. The molecule has 1 aromatic heterocycles. The first-order valence-corrected chi connectivity index (χ1v) is 14.7. The van der Waals surface area contributed by atoms with Gasteiger partial charge in [-0.3, -0.25) is 4.79 Å². The Hall–Kier alpha value is -3.82. The first-order chi connectivity index (χ1) is 18.9. The number of aromatic nitrogens is 1. The monoisotopic (exact) mass is 547 g/mol. The Morgan fingerprint density at radius 1 is 1.00 bits per heavy atom. The molecule has 1 aliphatic rings. The van der Waals surface area contributed by atoms with Crippen molar-refractivity contribution in [2.45, 2.75) is 25.2 Å². The number of nitrogens with zero attached hydrogens (tertiary/aromatic N) is 1. The number of aromatic amines is 1. The number of amides is 1. The van der Waals surface area contributed by atoms with Crippen LogP contribution in [0.2, 0.25) is 0 Å². The van der Waals surface area contributed by atoms with Gasteiger partial charge in [0.1, 0.15) is 11.5 Å². The molecule has 0 spiro atoms. The molecule has 39 heavy (non-hydrogen) atoms. The lowest BCUT2D eigenvalue weighted by molar-refractivity contribution is 0.100. The quantitative estimate of drug-likeness (QED) is 0.274. The molecule has 5 rings (SSSR count). The molecule has 0 atom stereocenters. The third-order valence-corrected chi connectivity index (χ3v) is 9.29. The molecule has 0 aliphatic carbocycles. The zero-order chi connectivity index (χ0) is 27.4. The SMILES string of the molecule is COc1cccc(OCCCS(=O)(=O)N2CCC(c3c[nH]c4c(C(N)=O)cc(-c5ccccc5)cc34)CC2)c1. The van der Waals surface area contributed by atoms with E-state index >= 15 is 0 Å². The zero-order valence-electron chi connectivity index (χ0n) is 21.9. The van der Waals surface area contributed by atoms with Crippen molar-refractivity contribution in [1.29, 1.82) is 0 Å². The highest BCUT2D eigenvalue weighted by atomic mass is 32.2. The van der Waals surface area contributed by atoms with Gasteiger partial charge in [0.2, 0.25) is 10.0 Å². The third kappa shape index (κ3) is 5.94. The maximum Gasteiger partial charge on any atom is 0.250 e. The predicted molar refractivity (Wildman–Crippen MR) is 153 cm³/mol. The number of carbonyl (C=O) groups excluding carboxylic acids is 1. The summed E-state index contributed by atoms with van der Waals surface area (Å²) in [6.45, 7) is 1.22. The van der Waals surface area contributed by atoms with Gasteiger partial charge >= 0.3 is 0 Å². The fourth-order valence-electron chi connectivity index (χ4n) is 5.28. The summed E-state index contributed by atoms with van der Waals surface area (Å²) in [6.07, 6.45) is 3.75. The van der Waals surface area contributed by atoms with Crippen LogP contribution in [0.4, 0.5) is 0 Å². The minimum Gasteiger partial charge on any atom is -0.497 e. The lowest BCUT2D eigenvalue weighted by atomic mass is 9.88. The van der Waals surface area contributed by atoms with Crippen molar-refractivity contribution in [3.05, 3.63) is 84.1 Å². The van der Waals surface area contributed by atoms with Gasteiger partial charge in [0.05, 0.1) is 30.5 Å². The van der Waals surface area contributed by atoms with E-state index in [4.69, 9.17) is 15.2 Å². The maximum absolute atomic E-state index is 13.0. The number of hydrogen-bond acceptors (Lipinski definition) is 5. The highest BCUT2D eigenvalue weighted by Gasteiger charge is 2.30. The lowest BCUT2D eigenvalue weighted by Crippen LogP contribution is -2.39. The molecule has 3 N–H and O–H groups in total. The van der Waals surface area contributed by atoms with Crippen molar-refractivity contribution in [3.8, 4) is 22.6 Å². The molecule has 1 amide bonds. The molecule has 9 heteroatoms. The van der Waals surface area contributed by atoms with Gasteiger partial charge in [-0.05, 0) is 66.1 Å². The number of piperidine rings is 1. The summed E-state index contributed by atoms with van der Waals surface area (Å²) in [7, 11) is -1.80. The summed E-state index contributed by atoms with van der Waals surface area (Å²) in [6, 6.07) is 21.1. The van der Waals surface area contributed by atoms with Crippen LogP contribution in [0.25, 0.3) is 22.0 Å². The molecular weight excluding hydrogens is 514 g/mol. The Labute approximate surface area is 228 Å². The maximum atomic E-state index is 13.0. The van der Waals surface area contributed by atoms with E-state index in [0.717, 1.165) is 27.6 Å². The summed E-state index contributed by atoms with van der Waals surface area (Å²) in [5.74, 6) is 1.08. The van der Waals surface area contributed by atoms with Crippen molar-refractivity contribution in [2.75, 3.05) is 32.6 Å². The molecule has 2 heterocycles. The van der Waals surface area contributed by atoms with Crippen molar-refractivity contribution in [3.63, 3.8) is 0 Å². The molecular formula is C30H33N3O5S. The van der Waals surface area contributed by atoms with Gasteiger partial charge in [-0.25, -0.2) is 12.7 Å². The Kier molecular flexibility index (Phi) is 7.90. The number of hydrogen-bond donors (Lipinski definition) is 2. The number of rotatable bonds is 10. The van der Waals surface area contributed by atoms with E-state index in [-0.39, 0.29) is 11.7 Å². The van der Waals surface area contributed by atoms with Gasteiger partial charge in [-0.15, -0.1) is 0 Å². The van der Waals surface area contributed by atoms with Crippen LogP contribution in [0.15, 0.2) is 72.9 Å². The fraction of sp³-hybridized carbons (Fsp3) is 0.300. The number of nitrogens with one attached hydrogen (secondary N) is 1. The molecule has 0 radical (unpaired) electrons. The number of ether oxygens (including phenoxy) is 2. The van der Waals surface area contributed by atoms with E-state index in [2.05, 4.69) is 11.1 Å². The average molecular weight is 548 g/mol. The van der Waals surface area contributed by atoms with Crippen LogP contribution in [-0.2, 0) is 10.0 Å². The van der Waals surface area contributed by atoms with Gasteiger partial charge in [0.15, 0.2) is 0 Å². The van der Waals surface area contributed by atoms with Crippen LogP contribution < -0.4 is 15.2 Å². The largest absolute Gasteiger partial charge is 0.497 e. The Morgan fingerprint density at radius 2 is 1.74 bits per heavy atom. The minimum absolute atomic E-state index is 0.0388. The molecule has 1 aliphatic heterocycles. The van der Waals surface area contributed by atoms with Gasteiger partial charge < -0.3 is 20.2 Å². The van der Waals surface area contributed by atoms with E-state index in [9.17, 15) is 13.2 Å². The summed E-state index contributed by atoms with van der Waals surface area (Å²) < 4.78 is 38.5. The molecule has 1 fully saturated rings. The van der Waals surface area contributed by atoms with Crippen LogP contribution in [0, 0.1) is 0 Å². The van der Waals surface area contributed by atoms with Crippen molar-refractivity contribution < 1.29 is 22.7 Å². The number of methoxy groups -OCH3 is 1. The number of carbonyl (C=O) groups is 1. The summed E-state index contributed by atoms with van der Waals surface area (Å²) in [4.78, 5) is 15.5. The smallest absolute Gasteiger partial charge is 0.250 e. The number of nitrogens with two attached hydrogens (primary N) is 1. The third-order valence-electron chi connectivity index (χ3n) is 7.34. The number of benzene rings is 3. The normalized spacial score (nSPS) is 14.9. The molecule has 204 valence electrons. The lowest BCUT2D eigenvalue weighted by Gasteiger charge is -2.31. The molecule has 8 nitrogen and oxygen atoms in total. The van der Waals surface area contributed by atoms with Crippen LogP contribution in [-0.4, -0.2) is 56.2 Å². The Balaban J connectivity index is 1.24. The van der Waals surface area contributed by atoms with Crippen molar-refractivity contribution in [2.24, 2.45) is 5.73 Å². The molecule has 1 saturated heterocycles. The highest BCUT2D eigenvalue weighted by Crippen LogP contribution is 2.37. The zero-order valence-corrected chi connectivity index (χ0v) is 22.7. The number of fused-ring (bicyclic) bond motifs is 1. The van der Waals surface area contributed by atoms with Gasteiger partial charge in [-0.1, -0.05) is 36.4 Å². The van der Waals surface area contributed by atoms with Gasteiger partial charge in [0, 0.05) is 30.7 Å². The fourth-order valence-corrected chi connectivity index (χ4v) is 6.79. The molecule has 0 bridgehead atoms. The molecule has 0 unspecified atom stereocenters. The van der Waals surface area contributed by atoms with E-state index < -0.39 is 15.9 Å². The summed E-state index contributed by atoms with van der Waals surface area (Å²) in [5, 5.41) is 0.959. The summed E-state index contributed by atoms with van der Waals surface area (Å²) >= 11 is 0.